The number of nitrogens with one attached hydrogen (secondary N) is 2. The highest BCUT2D eigenvalue weighted by Crippen LogP contribution is 2.22. The van der Waals surface area contributed by atoms with Crippen molar-refractivity contribution in [1.82, 2.24) is 5.32 Å². The summed E-state index contributed by atoms with van der Waals surface area (Å²) in [5.74, 6) is -0.115. The topological polar surface area (TPSA) is 67.4 Å². The number of benzene rings is 3. The van der Waals surface area contributed by atoms with Gasteiger partial charge in [0.2, 0.25) is 0 Å². The van der Waals surface area contributed by atoms with Crippen molar-refractivity contribution in [2.45, 2.75) is 19.8 Å². The van der Waals surface area contributed by atoms with Crippen LogP contribution in [0.1, 0.15) is 35.7 Å². The third-order valence-corrected chi connectivity index (χ3v) is 5.90. The van der Waals surface area contributed by atoms with Gasteiger partial charge in [0.1, 0.15) is 11.4 Å². The third kappa shape index (κ3) is 7.58. The van der Waals surface area contributed by atoms with Crippen molar-refractivity contribution in [1.29, 1.82) is 0 Å². The molecular weight excluding hydrogens is 548 g/mol. The molecule has 0 radical (unpaired) electrons. The number of anilines is 1. The van der Waals surface area contributed by atoms with Gasteiger partial charge >= 0.3 is 0 Å². The second-order valence-corrected chi connectivity index (χ2v) is 8.99. The number of unbranched alkanes of at least 4 members (excludes halogenated alkanes) is 1. The summed E-state index contributed by atoms with van der Waals surface area (Å²) in [4.78, 5) is 26.0. The summed E-state index contributed by atoms with van der Waals surface area (Å²) >= 11 is 6.83. The highest BCUT2D eigenvalue weighted by Gasteiger charge is 2.16. The van der Waals surface area contributed by atoms with Crippen LogP contribution in [-0.4, -0.2) is 18.4 Å². The second kappa shape index (κ2) is 12.4. The van der Waals surface area contributed by atoms with Crippen LogP contribution < -0.4 is 15.4 Å². The molecule has 2 N–H and O–H groups in total. The van der Waals surface area contributed by atoms with Gasteiger partial charge < -0.3 is 15.4 Å². The van der Waals surface area contributed by atoms with Gasteiger partial charge in [-0.3, -0.25) is 9.59 Å². The van der Waals surface area contributed by atoms with Crippen LogP contribution >= 0.6 is 31.9 Å². The average molecular weight is 572 g/mol. The summed E-state index contributed by atoms with van der Waals surface area (Å²) in [6, 6.07) is 21.6. The number of para-hydroxylation sites is 1. The quantitative estimate of drug-likeness (QED) is 0.219. The Morgan fingerprint density at radius 2 is 1.64 bits per heavy atom. The lowest BCUT2D eigenvalue weighted by Gasteiger charge is -2.13. The number of amides is 2. The molecule has 0 aliphatic rings. The van der Waals surface area contributed by atoms with Crippen LogP contribution in [-0.2, 0) is 4.79 Å². The van der Waals surface area contributed by atoms with Gasteiger partial charge in [-0.1, -0.05) is 53.5 Å². The van der Waals surface area contributed by atoms with Gasteiger partial charge in [-0.25, -0.2) is 0 Å². The first-order chi connectivity index (χ1) is 16.0. The molecule has 0 saturated heterocycles. The van der Waals surface area contributed by atoms with Gasteiger partial charge in [-0.15, -0.1) is 0 Å². The van der Waals surface area contributed by atoms with Crippen LogP contribution in [0.3, 0.4) is 0 Å². The maximum absolute atomic E-state index is 13.1. The molecule has 0 atom stereocenters. The molecule has 3 aromatic rings. The number of carbonyl (C=O) groups is 2. The fraction of sp³-hybridized carbons (Fsp3) is 0.154. The molecular formula is C26H24Br2N2O3. The van der Waals surface area contributed by atoms with Crippen molar-refractivity contribution in [3.05, 3.63) is 98.6 Å². The summed E-state index contributed by atoms with van der Waals surface area (Å²) in [7, 11) is 0. The van der Waals surface area contributed by atoms with E-state index >= 15 is 0 Å². The van der Waals surface area contributed by atoms with Crippen LogP contribution in [0.15, 0.2) is 87.4 Å². The largest absolute Gasteiger partial charge is 0.494 e. The van der Waals surface area contributed by atoms with E-state index < -0.39 is 5.91 Å². The molecule has 0 spiro atoms. The zero-order valence-corrected chi connectivity index (χ0v) is 21.3. The first-order valence-electron chi connectivity index (χ1n) is 10.5. The summed E-state index contributed by atoms with van der Waals surface area (Å²) in [6.07, 6.45) is 3.66. The fourth-order valence-electron chi connectivity index (χ4n) is 2.87. The van der Waals surface area contributed by atoms with E-state index in [0.717, 1.165) is 27.4 Å². The van der Waals surface area contributed by atoms with Crippen LogP contribution in [0.2, 0.25) is 0 Å². The summed E-state index contributed by atoms with van der Waals surface area (Å²) in [5, 5.41) is 5.59. The minimum atomic E-state index is -0.433. The number of carbonyl (C=O) groups excluding carboxylic acids is 2. The van der Waals surface area contributed by atoms with Gasteiger partial charge in [-0.2, -0.15) is 0 Å². The van der Waals surface area contributed by atoms with E-state index in [4.69, 9.17) is 4.74 Å². The first kappa shape index (κ1) is 24.7. The van der Waals surface area contributed by atoms with Crippen LogP contribution in [0.4, 0.5) is 5.69 Å². The number of hydrogen-bond donors (Lipinski definition) is 2. The number of rotatable bonds is 9. The smallest absolute Gasteiger partial charge is 0.272 e. The Labute approximate surface area is 210 Å². The van der Waals surface area contributed by atoms with Gasteiger partial charge in [0.05, 0.1) is 12.3 Å². The summed E-state index contributed by atoms with van der Waals surface area (Å²) < 4.78 is 7.31. The molecule has 0 saturated carbocycles. The van der Waals surface area contributed by atoms with E-state index in [9.17, 15) is 9.59 Å². The predicted octanol–water partition coefficient (Wildman–Crippen LogP) is 6.80. The lowest BCUT2D eigenvalue weighted by molar-refractivity contribution is -0.113. The monoisotopic (exact) mass is 570 g/mol. The van der Waals surface area contributed by atoms with Gasteiger partial charge in [0.25, 0.3) is 11.8 Å². The van der Waals surface area contributed by atoms with Crippen molar-refractivity contribution in [3.63, 3.8) is 0 Å². The summed E-state index contributed by atoms with van der Waals surface area (Å²) in [6.45, 7) is 2.74. The molecule has 0 bridgehead atoms. The number of ether oxygens (including phenoxy) is 1. The SMILES string of the molecule is CCCCOc1ccc(C(=O)NC(=Cc2ccc(Br)cc2)C(=O)Nc2ccccc2Br)cc1. The van der Waals surface area contributed by atoms with Gasteiger partial charge in [-0.05, 0) is 82.5 Å². The Balaban J connectivity index is 1.80. The van der Waals surface area contributed by atoms with Crippen LogP contribution in [0, 0.1) is 0 Å². The Morgan fingerprint density at radius 1 is 0.939 bits per heavy atom. The first-order valence-corrected chi connectivity index (χ1v) is 12.1. The van der Waals surface area contributed by atoms with E-state index in [1.54, 1.807) is 36.4 Å². The lowest BCUT2D eigenvalue weighted by Crippen LogP contribution is -2.30. The van der Waals surface area contributed by atoms with Gasteiger partial charge in [0.15, 0.2) is 0 Å². The van der Waals surface area contributed by atoms with E-state index in [2.05, 4.69) is 49.4 Å². The number of hydrogen-bond acceptors (Lipinski definition) is 3. The zero-order valence-electron chi connectivity index (χ0n) is 18.1. The minimum Gasteiger partial charge on any atom is -0.494 e. The zero-order chi connectivity index (χ0) is 23.6. The molecule has 5 nitrogen and oxygen atoms in total. The molecule has 2 amide bonds. The lowest BCUT2D eigenvalue weighted by atomic mass is 10.1. The molecule has 0 aliphatic heterocycles. The predicted molar refractivity (Wildman–Crippen MR) is 139 cm³/mol. The highest BCUT2D eigenvalue weighted by molar-refractivity contribution is 9.10. The van der Waals surface area contributed by atoms with E-state index in [-0.39, 0.29) is 11.6 Å². The second-order valence-electron chi connectivity index (χ2n) is 7.22. The highest BCUT2D eigenvalue weighted by atomic mass is 79.9. The Kier molecular flexibility index (Phi) is 9.27. The Morgan fingerprint density at radius 3 is 2.30 bits per heavy atom. The Hall–Kier alpha value is -2.90. The van der Waals surface area contributed by atoms with Crippen LogP contribution in [0.25, 0.3) is 6.08 Å². The molecule has 0 aromatic heterocycles. The van der Waals surface area contributed by atoms with E-state index in [0.29, 0.717) is 23.6 Å². The standard InChI is InChI=1S/C26H24Br2N2O3/c1-2-3-16-33-21-14-10-19(11-15-21)25(31)30-24(17-18-8-12-20(27)13-9-18)26(32)29-23-7-5-4-6-22(23)28/h4-15,17H,2-3,16H2,1H3,(H,29,32)(H,30,31). The van der Waals surface area contributed by atoms with Crippen molar-refractivity contribution in [2.24, 2.45) is 0 Å². The molecule has 0 fully saturated rings. The molecule has 7 heteroatoms. The van der Waals surface area contributed by atoms with E-state index in [1.807, 2.05) is 42.5 Å². The number of halogens is 2. The molecule has 33 heavy (non-hydrogen) atoms. The molecule has 0 heterocycles. The maximum Gasteiger partial charge on any atom is 0.272 e. The van der Waals surface area contributed by atoms with Crippen molar-refractivity contribution >= 4 is 55.4 Å². The summed E-state index contributed by atoms with van der Waals surface area (Å²) in [5.41, 5.74) is 1.93. The third-order valence-electron chi connectivity index (χ3n) is 4.68. The molecule has 0 aliphatic carbocycles. The molecule has 3 rings (SSSR count). The Bertz CT molecular complexity index is 1130. The average Bonchev–Trinajstić information content (AvgIpc) is 2.82. The fourth-order valence-corrected chi connectivity index (χ4v) is 3.52. The van der Waals surface area contributed by atoms with E-state index in [1.165, 1.54) is 0 Å². The normalized spacial score (nSPS) is 11.1. The van der Waals surface area contributed by atoms with Gasteiger partial charge in [0, 0.05) is 14.5 Å². The van der Waals surface area contributed by atoms with Crippen molar-refractivity contribution in [3.8, 4) is 5.75 Å². The van der Waals surface area contributed by atoms with Crippen molar-refractivity contribution < 1.29 is 14.3 Å². The van der Waals surface area contributed by atoms with Crippen LogP contribution in [0.5, 0.6) is 5.75 Å². The minimum absolute atomic E-state index is 0.126. The molecule has 3 aromatic carbocycles. The van der Waals surface area contributed by atoms with Crippen molar-refractivity contribution in [2.75, 3.05) is 11.9 Å². The molecule has 170 valence electrons. The maximum atomic E-state index is 13.1. The molecule has 0 unspecified atom stereocenters.